The van der Waals surface area contributed by atoms with Crippen molar-refractivity contribution in [2.24, 2.45) is 17.8 Å². The van der Waals surface area contributed by atoms with Gasteiger partial charge in [0.2, 0.25) is 0 Å². The lowest BCUT2D eigenvalue weighted by atomic mass is 9.98. The summed E-state index contributed by atoms with van der Waals surface area (Å²) in [6, 6.07) is 4.88. The van der Waals surface area contributed by atoms with Gasteiger partial charge in [0.25, 0.3) is 0 Å². The Morgan fingerprint density at radius 3 is 2.44 bits per heavy atom. The quantitative estimate of drug-likeness (QED) is 0.821. The molecule has 0 atom stereocenters. The van der Waals surface area contributed by atoms with Crippen LogP contribution in [0.4, 0.5) is 4.39 Å². The lowest BCUT2D eigenvalue weighted by Gasteiger charge is -2.16. The fraction of sp³-hybridized carbons (Fsp3) is 0.600. The van der Waals surface area contributed by atoms with Gasteiger partial charge in [-0.25, -0.2) is 4.39 Å². The minimum Gasteiger partial charge on any atom is -0.312 e. The zero-order chi connectivity index (χ0) is 12.5. The van der Waals surface area contributed by atoms with Crippen molar-refractivity contribution in [3.05, 3.63) is 34.6 Å². The zero-order valence-electron chi connectivity index (χ0n) is 10.5. The van der Waals surface area contributed by atoms with Crippen LogP contribution in [0.1, 0.15) is 31.2 Å². The molecule has 0 aromatic heterocycles. The molecule has 2 aliphatic carbocycles. The van der Waals surface area contributed by atoms with Gasteiger partial charge in [0.15, 0.2) is 0 Å². The van der Waals surface area contributed by atoms with Crippen LogP contribution in [0.5, 0.6) is 0 Å². The van der Waals surface area contributed by atoms with Crippen molar-refractivity contribution in [3.8, 4) is 0 Å². The van der Waals surface area contributed by atoms with E-state index in [-0.39, 0.29) is 5.82 Å². The molecule has 1 N–H and O–H groups in total. The molecule has 0 radical (unpaired) electrons. The third-order valence-electron chi connectivity index (χ3n) is 4.20. The first-order chi connectivity index (χ1) is 8.75. The first-order valence-electron chi connectivity index (χ1n) is 6.89. The maximum Gasteiger partial charge on any atom is 0.129 e. The van der Waals surface area contributed by atoms with E-state index in [4.69, 9.17) is 11.6 Å². The van der Waals surface area contributed by atoms with Gasteiger partial charge in [-0.2, -0.15) is 0 Å². The van der Waals surface area contributed by atoms with E-state index < -0.39 is 0 Å². The maximum absolute atomic E-state index is 13.6. The molecule has 0 bridgehead atoms. The van der Waals surface area contributed by atoms with Crippen molar-refractivity contribution in [1.82, 2.24) is 5.32 Å². The summed E-state index contributed by atoms with van der Waals surface area (Å²) in [6.07, 6.45) is 5.57. The van der Waals surface area contributed by atoms with Gasteiger partial charge in [0.05, 0.1) is 0 Å². The van der Waals surface area contributed by atoms with Crippen LogP contribution in [0.2, 0.25) is 5.02 Å². The molecule has 2 fully saturated rings. The molecule has 1 aromatic rings. The summed E-state index contributed by atoms with van der Waals surface area (Å²) in [6.45, 7) is 1.56. The monoisotopic (exact) mass is 267 g/mol. The van der Waals surface area contributed by atoms with E-state index in [0.29, 0.717) is 17.1 Å². The van der Waals surface area contributed by atoms with Crippen molar-refractivity contribution in [2.45, 2.75) is 32.2 Å². The van der Waals surface area contributed by atoms with Crippen LogP contribution in [0, 0.1) is 23.6 Å². The van der Waals surface area contributed by atoms with Crippen LogP contribution < -0.4 is 5.32 Å². The highest BCUT2D eigenvalue weighted by Crippen LogP contribution is 2.48. The summed E-state index contributed by atoms with van der Waals surface area (Å²) in [5, 5.41) is 3.93. The smallest absolute Gasteiger partial charge is 0.129 e. The van der Waals surface area contributed by atoms with Crippen LogP contribution in [0.15, 0.2) is 18.2 Å². The normalized spacial score (nSPS) is 19.5. The van der Waals surface area contributed by atoms with E-state index in [2.05, 4.69) is 5.32 Å². The van der Waals surface area contributed by atoms with E-state index in [0.717, 1.165) is 24.3 Å². The first-order valence-corrected chi connectivity index (χ1v) is 7.27. The fourth-order valence-electron chi connectivity index (χ4n) is 2.83. The summed E-state index contributed by atoms with van der Waals surface area (Å²) in [7, 11) is 0. The Kier molecular flexibility index (Phi) is 3.58. The molecule has 0 aliphatic heterocycles. The number of hydrogen-bond acceptors (Lipinski definition) is 1. The van der Waals surface area contributed by atoms with Gasteiger partial charge in [-0.15, -0.1) is 0 Å². The molecular weight excluding hydrogens is 249 g/mol. The van der Waals surface area contributed by atoms with E-state index in [1.165, 1.54) is 31.7 Å². The number of benzene rings is 1. The average Bonchev–Trinajstić information content (AvgIpc) is 3.21. The van der Waals surface area contributed by atoms with Gasteiger partial charge in [-0.3, -0.25) is 0 Å². The van der Waals surface area contributed by atoms with E-state index in [1.54, 1.807) is 12.1 Å². The summed E-state index contributed by atoms with van der Waals surface area (Å²) in [5.74, 6) is 2.47. The lowest BCUT2D eigenvalue weighted by molar-refractivity contribution is 0.377. The largest absolute Gasteiger partial charge is 0.312 e. The second-order valence-corrected chi connectivity index (χ2v) is 6.08. The summed E-state index contributed by atoms with van der Waals surface area (Å²) in [5.41, 5.74) is 0.601. The predicted octanol–water partition coefficient (Wildman–Crippen LogP) is 4.00. The average molecular weight is 268 g/mol. The van der Waals surface area contributed by atoms with Crippen molar-refractivity contribution in [2.75, 3.05) is 6.54 Å². The molecule has 3 rings (SSSR count). The predicted molar refractivity (Wildman–Crippen MR) is 72.1 cm³/mol. The molecule has 98 valence electrons. The van der Waals surface area contributed by atoms with Crippen molar-refractivity contribution in [3.63, 3.8) is 0 Å². The van der Waals surface area contributed by atoms with Gasteiger partial charge >= 0.3 is 0 Å². The Hall–Kier alpha value is -0.600. The first kappa shape index (κ1) is 12.4. The topological polar surface area (TPSA) is 12.0 Å². The molecule has 3 heteroatoms. The second-order valence-electron chi connectivity index (χ2n) is 5.67. The number of halogens is 2. The minimum absolute atomic E-state index is 0.204. The number of hydrogen-bond donors (Lipinski definition) is 1. The maximum atomic E-state index is 13.6. The van der Waals surface area contributed by atoms with Crippen LogP contribution in [-0.4, -0.2) is 6.54 Å². The SMILES string of the molecule is Fc1cccc(Cl)c1CNCC(C1CC1)C1CC1. The molecule has 2 saturated carbocycles. The molecule has 0 saturated heterocycles. The zero-order valence-corrected chi connectivity index (χ0v) is 11.2. The second kappa shape index (κ2) is 5.18. The van der Waals surface area contributed by atoms with Gasteiger partial charge in [-0.1, -0.05) is 17.7 Å². The van der Waals surface area contributed by atoms with Crippen LogP contribution in [-0.2, 0) is 6.54 Å². The molecule has 1 nitrogen and oxygen atoms in total. The Morgan fingerprint density at radius 2 is 1.89 bits per heavy atom. The van der Waals surface area contributed by atoms with Gasteiger partial charge in [0.1, 0.15) is 5.82 Å². The van der Waals surface area contributed by atoms with Crippen molar-refractivity contribution in [1.29, 1.82) is 0 Å². The molecule has 0 amide bonds. The van der Waals surface area contributed by atoms with Gasteiger partial charge in [0, 0.05) is 17.1 Å². The number of rotatable bonds is 6. The molecule has 18 heavy (non-hydrogen) atoms. The lowest BCUT2D eigenvalue weighted by Crippen LogP contribution is -2.25. The highest BCUT2D eigenvalue weighted by Gasteiger charge is 2.40. The van der Waals surface area contributed by atoms with Gasteiger partial charge in [-0.05, 0) is 62.1 Å². The van der Waals surface area contributed by atoms with Crippen molar-refractivity contribution < 1.29 is 4.39 Å². The van der Waals surface area contributed by atoms with Crippen molar-refractivity contribution >= 4 is 11.6 Å². The molecule has 0 spiro atoms. The van der Waals surface area contributed by atoms with E-state index >= 15 is 0 Å². The van der Waals surface area contributed by atoms with Crippen LogP contribution >= 0.6 is 11.6 Å². The summed E-state index contributed by atoms with van der Waals surface area (Å²) >= 11 is 6.01. The Bertz CT molecular complexity index is 394. The highest BCUT2D eigenvalue weighted by molar-refractivity contribution is 6.31. The fourth-order valence-corrected chi connectivity index (χ4v) is 3.06. The molecule has 1 aromatic carbocycles. The number of nitrogens with one attached hydrogen (secondary N) is 1. The molecule has 2 aliphatic rings. The molecular formula is C15H19ClFN. The van der Waals surface area contributed by atoms with Crippen LogP contribution in [0.3, 0.4) is 0 Å². The van der Waals surface area contributed by atoms with E-state index in [1.807, 2.05) is 0 Å². The minimum atomic E-state index is -0.204. The van der Waals surface area contributed by atoms with Crippen LogP contribution in [0.25, 0.3) is 0 Å². The Labute approximate surface area is 113 Å². The Morgan fingerprint density at radius 1 is 1.22 bits per heavy atom. The summed E-state index contributed by atoms with van der Waals surface area (Å²) in [4.78, 5) is 0. The standard InChI is InChI=1S/C15H19ClFN/c16-14-2-1-3-15(17)13(14)9-18-8-12(10-4-5-10)11-6-7-11/h1-3,10-12,18H,4-9H2. The van der Waals surface area contributed by atoms with Gasteiger partial charge < -0.3 is 5.32 Å². The highest BCUT2D eigenvalue weighted by atomic mass is 35.5. The molecule has 0 unspecified atom stereocenters. The van der Waals surface area contributed by atoms with E-state index in [9.17, 15) is 4.39 Å². The summed E-state index contributed by atoms with van der Waals surface area (Å²) < 4.78 is 13.6. The Balaban J connectivity index is 1.54. The third-order valence-corrected chi connectivity index (χ3v) is 4.55. The third kappa shape index (κ3) is 2.86. The molecule has 0 heterocycles.